The van der Waals surface area contributed by atoms with Crippen molar-refractivity contribution in [1.29, 1.82) is 0 Å². The summed E-state index contributed by atoms with van der Waals surface area (Å²) >= 11 is 0. The largest absolute Gasteiger partial charge is 0.491 e. The molecule has 18 nitrogen and oxygen atoms in total. The quantitative estimate of drug-likeness (QED) is 0.0569. The van der Waals surface area contributed by atoms with E-state index in [1.165, 1.54) is 0 Å². The van der Waals surface area contributed by atoms with Crippen LogP contribution in [0.15, 0.2) is 0 Å². The van der Waals surface area contributed by atoms with Gasteiger partial charge in [0, 0.05) is 13.0 Å². The van der Waals surface area contributed by atoms with E-state index in [2.05, 4.69) is 29.0 Å². The SMILES string of the molecule is CCCOc1c(C#CCN)c(OCCCS(=O)(=O)O)c(C#CCN)c(OCCCS(=O)(=O)O)c1C(=O)NCCCCCC(=O)O.O=S(=O)=O. The molecule has 0 radical (unpaired) electrons. The fourth-order valence-electron chi connectivity index (χ4n) is 3.73. The zero-order valence-electron chi connectivity index (χ0n) is 26.7. The Labute approximate surface area is 286 Å². The zero-order valence-corrected chi connectivity index (χ0v) is 29.2. The first-order valence-electron chi connectivity index (χ1n) is 14.7. The van der Waals surface area contributed by atoms with E-state index in [1.807, 2.05) is 6.92 Å². The molecule has 1 aromatic rings. The van der Waals surface area contributed by atoms with Crippen LogP contribution in [0, 0.1) is 23.7 Å². The highest BCUT2D eigenvalue weighted by Crippen LogP contribution is 2.44. The molecule has 0 aromatic heterocycles. The van der Waals surface area contributed by atoms with Gasteiger partial charge in [-0.2, -0.15) is 16.8 Å². The molecule has 0 bridgehead atoms. The van der Waals surface area contributed by atoms with Gasteiger partial charge >= 0.3 is 16.6 Å². The Morgan fingerprint density at radius 3 is 1.61 bits per heavy atom. The number of unbranched alkanes of at least 4 members (excludes halogenated alkanes) is 2. The lowest BCUT2D eigenvalue weighted by Gasteiger charge is -2.22. The topological polar surface area (TPSA) is 306 Å². The number of carboxylic acids is 1. The summed E-state index contributed by atoms with van der Waals surface area (Å²) in [5, 5.41) is 11.6. The number of carbonyl (C=O) groups excluding carboxylic acids is 1. The van der Waals surface area contributed by atoms with Crippen molar-refractivity contribution in [2.75, 3.05) is 51.0 Å². The van der Waals surface area contributed by atoms with Crippen molar-refractivity contribution in [3.05, 3.63) is 16.7 Å². The Hall–Kier alpha value is -3.96. The third-order valence-corrected chi connectivity index (χ3v) is 7.22. The number of nitrogens with two attached hydrogens (primary N) is 2. The van der Waals surface area contributed by atoms with Crippen LogP contribution >= 0.6 is 0 Å². The van der Waals surface area contributed by atoms with E-state index in [-0.39, 0.29) is 92.7 Å². The Morgan fingerprint density at radius 1 is 0.755 bits per heavy atom. The van der Waals surface area contributed by atoms with E-state index in [0.29, 0.717) is 25.7 Å². The van der Waals surface area contributed by atoms with Gasteiger partial charge in [0.05, 0.1) is 44.4 Å². The average Bonchev–Trinajstić information content (AvgIpc) is 2.99. The molecule has 0 unspecified atom stereocenters. The number of amides is 1. The second-order valence-electron chi connectivity index (χ2n) is 9.61. The number of rotatable bonds is 20. The lowest BCUT2D eigenvalue weighted by atomic mass is 9.99. The summed E-state index contributed by atoms with van der Waals surface area (Å²) in [5.41, 5.74) is 11.1. The third kappa shape index (κ3) is 20.9. The summed E-state index contributed by atoms with van der Waals surface area (Å²) < 4.78 is 107. The van der Waals surface area contributed by atoms with Crippen molar-refractivity contribution in [2.24, 2.45) is 11.5 Å². The van der Waals surface area contributed by atoms with Crippen LogP contribution in [-0.4, -0.2) is 107 Å². The first-order valence-corrected chi connectivity index (χ1v) is 18.9. The minimum atomic E-state index is -4.32. The monoisotopic (exact) mass is 755 g/mol. The maximum Gasteiger partial charge on any atom is 0.425 e. The summed E-state index contributed by atoms with van der Waals surface area (Å²) in [6.45, 7) is 1.34. The molecule has 0 fully saturated rings. The molecule has 0 saturated heterocycles. The highest BCUT2D eigenvalue weighted by molar-refractivity contribution is 7.86. The van der Waals surface area contributed by atoms with Gasteiger partial charge in [0.1, 0.15) is 16.7 Å². The normalized spacial score (nSPS) is 10.6. The van der Waals surface area contributed by atoms with E-state index < -0.39 is 54.2 Å². The van der Waals surface area contributed by atoms with E-state index in [0.717, 1.165) is 0 Å². The highest BCUT2D eigenvalue weighted by atomic mass is 32.2. The molecule has 0 spiro atoms. The Kier molecular flexibility index (Phi) is 22.3. The van der Waals surface area contributed by atoms with Crippen LogP contribution in [0.3, 0.4) is 0 Å². The van der Waals surface area contributed by atoms with Crippen LogP contribution in [0.1, 0.15) is 73.4 Å². The maximum absolute atomic E-state index is 13.7. The van der Waals surface area contributed by atoms with E-state index in [4.69, 9.17) is 52.5 Å². The van der Waals surface area contributed by atoms with Gasteiger partial charge < -0.3 is 36.1 Å². The molecule has 276 valence electrons. The second-order valence-corrected chi connectivity index (χ2v) is 13.2. The molecule has 0 atom stereocenters. The molecular formula is C28H41N3O15S3. The van der Waals surface area contributed by atoms with Crippen molar-refractivity contribution in [2.45, 2.75) is 51.9 Å². The molecule has 0 heterocycles. The molecule has 0 saturated carbocycles. The van der Waals surface area contributed by atoms with Crippen molar-refractivity contribution in [1.82, 2.24) is 5.32 Å². The molecule has 0 aliphatic heterocycles. The van der Waals surface area contributed by atoms with Gasteiger partial charge in [-0.05, 0) is 32.1 Å². The van der Waals surface area contributed by atoms with Crippen LogP contribution in [0.25, 0.3) is 0 Å². The third-order valence-electron chi connectivity index (χ3n) is 5.61. The van der Waals surface area contributed by atoms with Crippen LogP contribution in [0.2, 0.25) is 0 Å². The number of hydrogen-bond donors (Lipinski definition) is 6. The van der Waals surface area contributed by atoms with Gasteiger partial charge in [0.2, 0.25) is 0 Å². The summed E-state index contributed by atoms with van der Waals surface area (Å²) in [7, 11) is -11.7. The van der Waals surface area contributed by atoms with E-state index in [9.17, 15) is 26.4 Å². The Balaban J connectivity index is 0.00000543. The molecule has 21 heteroatoms. The summed E-state index contributed by atoms with van der Waals surface area (Å²) in [4.78, 5) is 24.5. The fraction of sp³-hybridized carbons (Fsp3) is 0.571. The molecule has 1 amide bonds. The Bertz CT molecular complexity index is 1700. The lowest BCUT2D eigenvalue weighted by Crippen LogP contribution is -2.27. The van der Waals surface area contributed by atoms with Gasteiger partial charge in [0.15, 0.2) is 17.2 Å². The van der Waals surface area contributed by atoms with Gasteiger partial charge in [-0.15, -0.1) is 12.6 Å². The number of ether oxygens (including phenoxy) is 3. The highest BCUT2D eigenvalue weighted by Gasteiger charge is 2.31. The molecular weight excluding hydrogens is 715 g/mol. The predicted octanol–water partition coefficient (Wildman–Crippen LogP) is -0.220. The Morgan fingerprint density at radius 2 is 1.20 bits per heavy atom. The van der Waals surface area contributed by atoms with Crippen LogP contribution in [-0.2, 0) is 35.6 Å². The number of hydrogen-bond acceptors (Lipinski definition) is 14. The minimum absolute atomic E-state index is 0.0114. The van der Waals surface area contributed by atoms with Gasteiger partial charge in [0.25, 0.3) is 26.1 Å². The van der Waals surface area contributed by atoms with Gasteiger partial charge in [-0.1, -0.05) is 37.0 Å². The number of benzene rings is 1. The zero-order chi connectivity index (χ0) is 37.5. The summed E-state index contributed by atoms with van der Waals surface area (Å²) in [6, 6.07) is 0. The van der Waals surface area contributed by atoms with Gasteiger partial charge in [-0.3, -0.25) is 18.7 Å². The molecule has 0 aliphatic rings. The molecule has 8 N–H and O–H groups in total. The van der Waals surface area contributed by atoms with Crippen molar-refractivity contribution in [3.8, 4) is 40.9 Å². The van der Waals surface area contributed by atoms with Crippen molar-refractivity contribution >= 4 is 42.7 Å². The molecule has 1 aromatic carbocycles. The number of nitrogens with one attached hydrogen (secondary N) is 1. The smallest absolute Gasteiger partial charge is 0.425 e. The second kappa shape index (κ2) is 24.2. The van der Waals surface area contributed by atoms with Crippen molar-refractivity contribution < 1.29 is 67.5 Å². The van der Waals surface area contributed by atoms with Gasteiger partial charge in [-0.25, -0.2) is 0 Å². The van der Waals surface area contributed by atoms with Crippen LogP contribution in [0.4, 0.5) is 0 Å². The standard InChI is InChI=1S/C28H41N3O12S2.O3S/c1-2-16-41-26-21(10-6-13-29)25(42-17-8-19-44(35,36)37)22(11-7-14-30)27(43-18-9-20-45(38,39)40)24(26)28(34)31-15-5-3-4-12-23(32)33;1-4(2)3/h2-5,8-9,12-20,29-30H2,1H3,(H,31,34)(H,32,33)(H,35,36,37)(H,38,39,40);. The van der Waals surface area contributed by atoms with Crippen LogP contribution in [0.5, 0.6) is 17.2 Å². The predicted molar refractivity (Wildman–Crippen MR) is 175 cm³/mol. The van der Waals surface area contributed by atoms with Crippen LogP contribution < -0.4 is 31.0 Å². The molecule has 49 heavy (non-hydrogen) atoms. The lowest BCUT2D eigenvalue weighted by molar-refractivity contribution is -0.137. The number of aliphatic carboxylic acids is 1. The molecule has 1 rings (SSSR count). The summed E-state index contributed by atoms with van der Waals surface area (Å²) in [6.07, 6.45) is 1.61. The first-order chi connectivity index (χ1) is 23.0. The first kappa shape index (κ1) is 45.0. The minimum Gasteiger partial charge on any atom is -0.491 e. The van der Waals surface area contributed by atoms with E-state index in [1.54, 1.807) is 0 Å². The average molecular weight is 756 g/mol. The number of carbonyl (C=O) groups is 2. The molecule has 0 aliphatic carbocycles. The fourth-order valence-corrected chi connectivity index (χ4v) is 4.70. The summed E-state index contributed by atoms with van der Waals surface area (Å²) in [5.74, 6) is 7.86. The van der Waals surface area contributed by atoms with E-state index >= 15 is 0 Å². The maximum atomic E-state index is 13.7. The van der Waals surface area contributed by atoms with Crippen molar-refractivity contribution in [3.63, 3.8) is 0 Å². The number of carboxylic acid groups (broad SMARTS) is 1.